The number of rotatable bonds is 8. The van der Waals surface area contributed by atoms with Crippen LogP contribution in [0.2, 0.25) is 0 Å². The molecule has 22 heavy (non-hydrogen) atoms. The van der Waals surface area contributed by atoms with Crippen molar-refractivity contribution in [2.45, 2.75) is 26.6 Å². The minimum atomic E-state index is -3.30. The first-order valence-electron chi connectivity index (χ1n) is 7.33. The van der Waals surface area contributed by atoms with E-state index >= 15 is 0 Å². The van der Waals surface area contributed by atoms with Gasteiger partial charge in [0.1, 0.15) is 5.78 Å². The summed E-state index contributed by atoms with van der Waals surface area (Å²) < 4.78 is 23.9. The maximum Gasteiger partial charge on any atom is 0.351 e. The zero-order chi connectivity index (χ0) is 16.8. The molecular weight excluding hydrogens is 321 g/mol. The lowest BCUT2D eigenvalue weighted by Crippen LogP contribution is -2.28. The Morgan fingerprint density at radius 1 is 1.23 bits per heavy atom. The first-order chi connectivity index (χ1) is 10.3. The summed E-state index contributed by atoms with van der Waals surface area (Å²) in [6, 6.07) is 7.85. The van der Waals surface area contributed by atoms with Crippen molar-refractivity contribution < 1.29 is 13.6 Å². The van der Waals surface area contributed by atoms with Gasteiger partial charge in [-0.3, -0.25) is 9.46 Å². The molecule has 6 heteroatoms. The zero-order valence-electron chi connectivity index (χ0n) is 13.9. The fourth-order valence-electron chi connectivity index (χ4n) is 2.01. The molecule has 1 atom stereocenters. The van der Waals surface area contributed by atoms with Crippen LogP contribution in [0, 0.1) is 6.92 Å². The Morgan fingerprint density at radius 2 is 1.73 bits per heavy atom. The highest BCUT2D eigenvalue weighted by atomic mass is 35.5. The quantitative estimate of drug-likeness (QED) is 0.638. The molecule has 4 nitrogen and oxygen atoms in total. The van der Waals surface area contributed by atoms with Crippen LogP contribution in [0.3, 0.4) is 0 Å². The number of benzene rings is 1. The van der Waals surface area contributed by atoms with Gasteiger partial charge >= 0.3 is 7.60 Å². The van der Waals surface area contributed by atoms with Crippen LogP contribution in [0.25, 0.3) is 5.03 Å². The van der Waals surface area contributed by atoms with E-state index < -0.39 is 13.4 Å². The third-order valence-corrected chi connectivity index (χ3v) is 5.93. The van der Waals surface area contributed by atoms with Gasteiger partial charge in [-0.15, -0.1) is 0 Å². The number of likely N-dealkylation sites (N-methyl/N-ethyl adjacent to an activating group) is 1. The Balaban J connectivity index is 3.16. The molecule has 0 bridgehead atoms. The fraction of sp³-hybridized carbons (Fsp3) is 0.500. The lowest BCUT2D eigenvalue weighted by atomic mass is 10.1. The van der Waals surface area contributed by atoms with Crippen molar-refractivity contribution in [2.24, 2.45) is 0 Å². The Labute approximate surface area is 138 Å². The number of hydrogen-bond acceptors (Lipinski definition) is 4. The van der Waals surface area contributed by atoms with E-state index in [-0.39, 0.29) is 0 Å². The molecule has 0 amide bonds. The molecule has 0 aromatic heterocycles. The minimum absolute atomic E-state index is 0.317. The van der Waals surface area contributed by atoms with Crippen molar-refractivity contribution in [3.63, 3.8) is 0 Å². The van der Waals surface area contributed by atoms with Crippen molar-refractivity contribution in [1.82, 2.24) is 4.90 Å². The predicted octanol–water partition coefficient (Wildman–Crippen LogP) is 4.73. The Morgan fingerprint density at radius 3 is 2.14 bits per heavy atom. The van der Waals surface area contributed by atoms with Gasteiger partial charge in [0.05, 0.1) is 13.2 Å². The maximum absolute atomic E-state index is 13.0. The van der Waals surface area contributed by atoms with Crippen LogP contribution in [0.1, 0.15) is 25.0 Å². The molecule has 0 radical (unpaired) electrons. The summed E-state index contributed by atoms with van der Waals surface area (Å²) in [5, 5.41) is 0.526. The smallest absolute Gasteiger partial charge is 0.308 e. The number of halogens is 1. The molecule has 0 fully saturated rings. The first-order valence-corrected chi connectivity index (χ1v) is 9.32. The van der Waals surface area contributed by atoms with Crippen molar-refractivity contribution >= 4 is 24.2 Å². The van der Waals surface area contributed by atoms with Crippen LogP contribution in [0.4, 0.5) is 0 Å². The van der Waals surface area contributed by atoms with Gasteiger partial charge in [-0.1, -0.05) is 41.4 Å². The average molecular weight is 346 g/mol. The summed E-state index contributed by atoms with van der Waals surface area (Å²) in [5.41, 5.74) is 2.03. The fourth-order valence-corrected chi connectivity index (χ4v) is 4.34. The summed E-state index contributed by atoms with van der Waals surface area (Å²) >= 11 is 6.41. The first kappa shape index (κ1) is 19.4. The van der Waals surface area contributed by atoms with E-state index in [0.717, 1.165) is 11.1 Å². The van der Waals surface area contributed by atoms with E-state index in [1.54, 1.807) is 24.8 Å². The average Bonchev–Trinajstić information content (AvgIpc) is 2.45. The highest BCUT2D eigenvalue weighted by molar-refractivity contribution is 7.54. The SMILES string of the molecule is CCOP(=O)(OCC)C(C=C(Cl)c1ccc(C)cc1)N(C)C. The Hall–Kier alpha value is -0.640. The number of nitrogens with zero attached hydrogens (tertiary/aromatic N) is 1. The Kier molecular flexibility index (Phi) is 7.81. The maximum atomic E-state index is 13.0. The van der Waals surface area contributed by atoms with Gasteiger partial charge < -0.3 is 9.05 Å². The molecule has 0 saturated carbocycles. The molecule has 1 aromatic carbocycles. The summed E-state index contributed by atoms with van der Waals surface area (Å²) in [4.78, 5) is 1.79. The van der Waals surface area contributed by atoms with Crippen molar-refractivity contribution in [2.75, 3.05) is 27.3 Å². The molecular formula is C16H25ClNO3P. The summed E-state index contributed by atoms with van der Waals surface area (Å²) in [7, 11) is 0.345. The van der Waals surface area contributed by atoms with E-state index in [4.69, 9.17) is 20.6 Å². The van der Waals surface area contributed by atoms with Gasteiger partial charge in [0, 0.05) is 5.03 Å². The van der Waals surface area contributed by atoms with E-state index in [0.29, 0.717) is 18.2 Å². The molecule has 1 rings (SSSR count). The van der Waals surface area contributed by atoms with Gasteiger partial charge in [-0.05, 0) is 46.5 Å². The van der Waals surface area contributed by atoms with Crippen molar-refractivity contribution in [3.8, 4) is 0 Å². The largest absolute Gasteiger partial charge is 0.351 e. The molecule has 124 valence electrons. The van der Waals surface area contributed by atoms with Crippen molar-refractivity contribution in [3.05, 3.63) is 41.5 Å². The second-order valence-corrected chi connectivity index (χ2v) is 7.67. The lowest BCUT2D eigenvalue weighted by molar-refractivity contribution is 0.196. The number of hydrogen-bond donors (Lipinski definition) is 0. The molecule has 0 aliphatic rings. The van der Waals surface area contributed by atoms with Crippen LogP contribution < -0.4 is 0 Å². The Bertz CT molecular complexity index is 533. The summed E-state index contributed by atoms with van der Waals surface area (Å²) in [6.45, 7) is 6.24. The van der Waals surface area contributed by atoms with Crippen LogP contribution in [-0.4, -0.2) is 38.0 Å². The topological polar surface area (TPSA) is 38.8 Å². The second kappa shape index (κ2) is 8.85. The van der Waals surface area contributed by atoms with E-state index in [9.17, 15) is 4.57 Å². The zero-order valence-corrected chi connectivity index (χ0v) is 15.5. The second-order valence-electron chi connectivity index (χ2n) is 5.13. The standard InChI is InChI=1S/C16H25ClNO3P/c1-6-20-22(19,21-7-2)16(18(4)5)12-15(17)14-10-8-13(3)9-11-14/h8-12,16H,6-7H2,1-5H3. The van der Waals surface area contributed by atoms with Gasteiger partial charge in [-0.2, -0.15) is 0 Å². The predicted molar refractivity (Wildman–Crippen MR) is 93.3 cm³/mol. The molecule has 0 aliphatic heterocycles. The monoisotopic (exact) mass is 345 g/mol. The third-order valence-electron chi connectivity index (χ3n) is 3.09. The van der Waals surface area contributed by atoms with Gasteiger partial charge in [0.25, 0.3) is 0 Å². The highest BCUT2D eigenvalue weighted by Crippen LogP contribution is 2.54. The molecule has 0 N–H and O–H groups in total. The normalized spacial score (nSPS) is 14.4. The molecule has 0 aliphatic carbocycles. The molecule has 1 aromatic rings. The minimum Gasteiger partial charge on any atom is -0.308 e. The highest BCUT2D eigenvalue weighted by Gasteiger charge is 2.36. The van der Waals surface area contributed by atoms with E-state index in [1.165, 1.54) is 0 Å². The number of aryl methyl sites for hydroxylation is 1. The molecule has 0 saturated heterocycles. The summed E-state index contributed by atoms with van der Waals surface area (Å²) in [6.07, 6.45) is 1.73. The van der Waals surface area contributed by atoms with E-state index in [1.807, 2.05) is 45.3 Å². The van der Waals surface area contributed by atoms with Crippen LogP contribution >= 0.6 is 19.2 Å². The molecule has 0 spiro atoms. The van der Waals surface area contributed by atoms with Crippen LogP contribution in [0.5, 0.6) is 0 Å². The van der Waals surface area contributed by atoms with E-state index in [2.05, 4.69) is 0 Å². The molecule has 0 heterocycles. The third kappa shape index (κ3) is 5.22. The van der Waals surface area contributed by atoms with Crippen molar-refractivity contribution in [1.29, 1.82) is 0 Å². The lowest BCUT2D eigenvalue weighted by Gasteiger charge is -2.29. The van der Waals surface area contributed by atoms with Gasteiger partial charge in [0.15, 0.2) is 0 Å². The van der Waals surface area contributed by atoms with Crippen LogP contribution in [0.15, 0.2) is 30.3 Å². The summed E-state index contributed by atoms with van der Waals surface area (Å²) in [5.74, 6) is -0.541. The van der Waals surface area contributed by atoms with Gasteiger partial charge in [0.2, 0.25) is 0 Å². The van der Waals surface area contributed by atoms with Gasteiger partial charge in [-0.25, -0.2) is 0 Å². The molecule has 1 unspecified atom stereocenters. The van der Waals surface area contributed by atoms with Crippen LogP contribution in [-0.2, 0) is 13.6 Å².